The van der Waals surface area contributed by atoms with E-state index in [1.165, 1.54) is 12.1 Å². The number of rotatable bonds is 4. The fourth-order valence-electron chi connectivity index (χ4n) is 2.70. The van der Waals surface area contributed by atoms with Crippen LogP contribution in [0.3, 0.4) is 0 Å². The Bertz CT molecular complexity index is 765. The molecular formula is C18H19N3O3. The molecule has 1 aromatic heterocycles. The van der Waals surface area contributed by atoms with Crippen molar-refractivity contribution < 1.29 is 9.59 Å². The molecule has 0 spiro atoms. The standard InChI is InChI=1S/C18H19N3O3/c22-16-6-8-19(9-7-16)13-17(23)21-11-10-20(18(24)14-21)12-15-4-2-1-3-5-15/h1-9H,10-14H2. The second kappa shape index (κ2) is 7.12. The average Bonchev–Trinajstić information content (AvgIpc) is 2.59. The maximum atomic E-state index is 12.3. The first-order chi connectivity index (χ1) is 11.6. The van der Waals surface area contributed by atoms with Crippen LogP contribution in [-0.2, 0) is 22.7 Å². The van der Waals surface area contributed by atoms with E-state index in [4.69, 9.17) is 0 Å². The number of nitrogens with zero attached hydrogens (tertiary/aromatic N) is 3. The molecule has 2 heterocycles. The van der Waals surface area contributed by atoms with E-state index in [1.54, 1.807) is 26.8 Å². The Balaban J connectivity index is 1.56. The van der Waals surface area contributed by atoms with E-state index < -0.39 is 0 Å². The topological polar surface area (TPSA) is 62.6 Å². The normalized spacial score (nSPS) is 14.8. The highest BCUT2D eigenvalue weighted by Gasteiger charge is 2.26. The highest BCUT2D eigenvalue weighted by molar-refractivity contribution is 5.86. The Kier molecular flexibility index (Phi) is 4.74. The fraction of sp³-hybridized carbons (Fsp3) is 0.278. The van der Waals surface area contributed by atoms with E-state index >= 15 is 0 Å². The molecule has 1 aliphatic rings. The molecule has 0 bridgehead atoms. The molecule has 1 saturated heterocycles. The van der Waals surface area contributed by atoms with Crippen molar-refractivity contribution in [1.29, 1.82) is 0 Å². The van der Waals surface area contributed by atoms with Crippen LogP contribution in [0.4, 0.5) is 0 Å². The van der Waals surface area contributed by atoms with Crippen molar-refractivity contribution in [3.63, 3.8) is 0 Å². The zero-order chi connectivity index (χ0) is 16.9. The van der Waals surface area contributed by atoms with Gasteiger partial charge in [-0.05, 0) is 5.56 Å². The van der Waals surface area contributed by atoms with Crippen molar-refractivity contribution in [2.45, 2.75) is 13.1 Å². The first-order valence-electron chi connectivity index (χ1n) is 7.87. The number of piperazine rings is 1. The van der Waals surface area contributed by atoms with Gasteiger partial charge in [0.1, 0.15) is 6.54 Å². The molecule has 2 amide bonds. The average molecular weight is 325 g/mol. The quantitative estimate of drug-likeness (QED) is 0.832. The van der Waals surface area contributed by atoms with Gasteiger partial charge in [-0.2, -0.15) is 0 Å². The van der Waals surface area contributed by atoms with Gasteiger partial charge in [0.25, 0.3) is 0 Å². The van der Waals surface area contributed by atoms with Crippen LogP contribution in [0, 0.1) is 0 Å². The Hall–Kier alpha value is -2.89. The van der Waals surface area contributed by atoms with Gasteiger partial charge in [0, 0.05) is 44.2 Å². The van der Waals surface area contributed by atoms with Gasteiger partial charge in [-0.25, -0.2) is 0 Å². The summed E-state index contributed by atoms with van der Waals surface area (Å²) in [4.78, 5) is 39.0. The number of hydrogen-bond donors (Lipinski definition) is 0. The maximum Gasteiger partial charge on any atom is 0.243 e. The Morgan fingerprint density at radius 1 is 0.958 bits per heavy atom. The summed E-state index contributed by atoms with van der Waals surface area (Å²) in [5.74, 6) is -0.162. The van der Waals surface area contributed by atoms with Crippen LogP contribution in [0.2, 0.25) is 0 Å². The van der Waals surface area contributed by atoms with Gasteiger partial charge in [0.05, 0.1) is 6.54 Å². The summed E-state index contributed by atoms with van der Waals surface area (Å²) in [5, 5.41) is 0. The smallest absolute Gasteiger partial charge is 0.243 e. The van der Waals surface area contributed by atoms with Crippen LogP contribution < -0.4 is 5.43 Å². The van der Waals surface area contributed by atoms with E-state index in [0.29, 0.717) is 19.6 Å². The van der Waals surface area contributed by atoms with E-state index in [0.717, 1.165) is 5.56 Å². The molecule has 0 unspecified atom stereocenters. The summed E-state index contributed by atoms with van der Waals surface area (Å²) in [7, 11) is 0. The number of carbonyl (C=O) groups excluding carboxylic acids is 2. The van der Waals surface area contributed by atoms with E-state index in [1.807, 2.05) is 30.3 Å². The van der Waals surface area contributed by atoms with Gasteiger partial charge < -0.3 is 14.4 Å². The third-order valence-corrected chi connectivity index (χ3v) is 4.07. The molecule has 1 aliphatic heterocycles. The molecule has 0 saturated carbocycles. The van der Waals surface area contributed by atoms with Crippen LogP contribution in [0.15, 0.2) is 59.7 Å². The lowest BCUT2D eigenvalue weighted by Gasteiger charge is -2.34. The van der Waals surface area contributed by atoms with Gasteiger partial charge in [0.2, 0.25) is 11.8 Å². The van der Waals surface area contributed by atoms with E-state index in [-0.39, 0.29) is 30.3 Å². The highest BCUT2D eigenvalue weighted by atomic mass is 16.2. The second-order valence-corrected chi connectivity index (χ2v) is 5.82. The first-order valence-corrected chi connectivity index (χ1v) is 7.87. The summed E-state index contributed by atoms with van der Waals surface area (Å²) in [6.07, 6.45) is 3.15. The minimum Gasteiger partial charge on any atom is -0.345 e. The number of pyridine rings is 1. The molecule has 3 rings (SSSR count). The minimum absolute atomic E-state index is 0.0432. The van der Waals surface area contributed by atoms with Crippen molar-refractivity contribution in [2.24, 2.45) is 0 Å². The van der Waals surface area contributed by atoms with Crippen molar-refractivity contribution in [2.75, 3.05) is 19.6 Å². The molecule has 0 N–H and O–H groups in total. The van der Waals surface area contributed by atoms with Crippen LogP contribution in [-0.4, -0.2) is 45.8 Å². The molecule has 1 fully saturated rings. The largest absolute Gasteiger partial charge is 0.345 e. The van der Waals surface area contributed by atoms with E-state index in [9.17, 15) is 14.4 Å². The lowest BCUT2D eigenvalue weighted by Crippen LogP contribution is -2.52. The van der Waals surface area contributed by atoms with Crippen LogP contribution >= 0.6 is 0 Å². The first kappa shape index (κ1) is 16.0. The summed E-state index contributed by atoms with van der Waals surface area (Å²) < 4.78 is 1.64. The molecule has 0 atom stereocenters. The molecule has 6 heteroatoms. The SMILES string of the molecule is O=C(Cn1ccc(=O)cc1)N1CCN(Cc2ccccc2)C(=O)C1. The van der Waals surface area contributed by atoms with Gasteiger partial charge in [-0.1, -0.05) is 30.3 Å². The summed E-state index contributed by atoms with van der Waals surface area (Å²) in [5.41, 5.74) is 0.988. The molecule has 0 radical (unpaired) electrons. The second-order valence-electron chi connectivity index (χ2n) is 5.82. The third-order valence-electron chi connectivity index (χ3n) is 4.07. The number of hydrogen-bond acceptors (Lipinski definition) is 3. The number of carbonyl (C=O) groups is 2. The Labute approximate surface area is 139 Å². The Morgan fingerprint density at radius 2 is 1.67 bits per heavy atom. The maximum absolute atomic E-state index is 12.3. The fourth-order valence-corrected chi connectivity index (χ4v) is 2.70. The molecule has 24 heavy (non-hydrogen) atoms. The van der Waals surface area contributed by atoms with Gasteiger partial charge in [-0.15, -0.1) is 0 Å². The summed E-state index contributed by atoms with van der Waals surface area (Å²) in [6, 6.07) is 12.6. The summed E-state index contributed by atoms with van der Waals surface area (Å²) >= 11 is 0. The Morgan fingerprint density at radius 3 is 2.33 bits per heavy atom. The molecule has 0 aliphatic carbocycles. The molecule has 2 aromatic rings. The monoisotopic (exact) mass is 325 g/mol. The van der Waals surface area contributed by atoms with E-state index in [2.05, 4.69) is 0 Å². The van der Waals surface area contributed by atoms with Crippen LogP contribution in [0.1, 0.15) is 5.56 Å². The highest BCUT2D eigenvalue weighted by Crippen LogP contribution is 2.10. The van der Waals surface area contributed by atoms with Crippen molar-refractivity contribution in [3.8, 4) is 0 Å². The number of benzene rings is 1. The van der Waals surface area contributed by atoms with Crippen molar-refractivity contribution in [1.82, 2.24) is 14.4 Å². The zero-order valence-electron chi connectivity index (χ0n) is 13.3. The van der Waals surface area contributed by atoms with Gasteiger partial charge in [-0.3, -0.25) is 14.4 Å². The van der Waals surface area contributed by atoms with Gasteiger partial charge in [0.15, 0.2) is 5.43 Å². The zero-order valence-corrected chi connectivity index (χ0v) is 13.3. The predicted molar refractivity (Wildman–Crippen MR) is 89.1 cm³/mol. The molecular weight excluding hydrogens is 306 g/mol. The lowest BCUT2D eigenvalue weighted by molar-refractivity contribution is -0.146. The van der Waals surface area contributed by atoms with Crippen molar-refractivity contribution >= 4 is 11.8 Å². The molecule has 6 nitrogen and oxygen atoms in total. The predicted octanol–water partition coefficient (Wildman–Crippen LogP) is 0.719. The minimum atomic E-state index is -0.119. The third kappa shape index (κ3) is 3.90. The van der Waals surface area contributed by atoms with Gasteiger partial charge >= 0.3 is 0 Å². The van der Waals surface area contributed by atoms with Crippen LogP contribution in [0.5, 0.6) is 0 Å². The molecule has 124 valence electrons. The number of amides is 2. The lowest BCUT2D eigenvalue weighted by atomic mass is 10.2. The molecule has 1 aromatic carbocycles. The number of aromatic nitrogens is 1. The van der Waals surface area contributed by atoms with Crippen LogP contribution in [0.25, 0.3) is 0 Å². The van der Waals surface area contributed by atoms with Crippen molar-refractivity contribution in [3.05, 3.63) is 70.6 Å². The summed E-state index contributed by atoms with van der Waals surface area (Å²) in [6.45, 7) is 1.86.